The van der Waals surface area contributed by atoms with E-state index in [4.69, 9.17) is 0 Å². The minimum absolute atomic E-state index is 0.0917. The summed E-state index contributed by atoms with van der Waals surface area (Å²) in [5.41, 5.74) is 1.26. The van der Waals surface area contributed by atoms with Gasteiger partial charge < -0.3 is 4.74 Å². The van der Waals surface area contributed by atoms with Crippen molar-refractivity contribution in [2.24, 2.45) is 11.8 Å². The van der Waals surface area contributed by atoms with Crippen LogP contribution in [-0.4, -0.2) is 12.5 Å². The molecular formula is C23H32F4O. The van der Waals surface area contributed by atoms with E-state index < -0.39 is 12.5 Å². The Hall–Kier alpha value is -1.26. The summed E-state index contributed by atoms with van der Waals surface area (Å²) in [5.74, 6) is 1.21. The van der Waals surface area contributed by atoms with Gasteiger partial charge in [-0.2, -0.15) is 17.6 Å². The molecule has 3 rings (SSSR count). The molecule has 0 heterocycles. The first-order valence-electron chi connectivity index (χ1n) is 10.8. The van der Waals surface area contributed by atoms with Crippen molar-refractivity contribution in [2.75, 3.05) is 0 Å². The maximum absolute atomic E-state index is 13.2. The van der Waals surface area contributed by atoms with Crippen molar-refractivity contribution in [3.05, 3.63) is 29.8 Å². The summed E-state index contributed by atoms with van der Waals surface area (Å²) in [4.78, 5) is 0. The highest BCUT2D eigenvalue weighted by Gasteiger charge is 2.45. The van der Waals surface area contributed by atoms with E-state index in [0.29, 0.717) is 5.92 Å². The largest absolute Gasteiger partial charge is 0.461 e. The molecule has 0 bridgehead atoms. The predicted molar refractivity (Wildman–Crippen MR) is 103 cm³/mol. The van der Waals surface area contributed by atoms with Gasteiger partial charge in [0, 0.05) is 0 Å². The van der Waals surface area contributed by atoms with Crippen LogP contribution in [0.4, 0.5) is 17.6 Å². The molecule has 0 saturated heterocycles. The third-order valence-corrected chi connectivity index (χ3v) is 7.02. The molecule has 2 aliphatic rings. The van der Waals surface area contributed by atoms with Gasteiger partial charge >= 0.3 is 12.5 Å². The van der Waals surface area contributed by atoms with Crippen molar-refractivity contribution in [1.82, 2.24) is 0 Å². The quantitative estimate of drug-likeness (QED) is 0.426. The highest BCUT2D eigenvalue weighted by molar-refractivity contribution is 5.34. The lowest BCUT2D eigenvalue weighted by Crippen LogP contribution is -2.40. The topological polar surface area (TPSA) is 9.23 Å². The fourth-order valence-electron chi connectivity index (χ4n) is 5.53. The summed E-state index contributed by atoms with van der Waals surface area (Å²) in [6.07, 6.45) is 5.14. The van der Waals surface area contributed by atoms with Gasteiger partial charge in [-0.1, -0.05) is 51.2 Å². The smallest absolute Gasteiger partial charge is 0.428 e. The number of benzene rings is 1. The zero-order valence-electron chi connectivity index (χ0n) is 16.7. The van der Waals surface area contributed by atoms with E-state index in [1.165, 1.54) is 75.5 Å². The van der Waals surface area contributed by atoms with Crippen molar-refractivity contribution >= 4 is 0 Å². The Kier molecular flexibility index (Phi) is 6.93. The molecule has 0 N–H and O–H groups in total. The van der Waals surface area contributed by atoms with Crippen LogP contribution in [-0.2, 0) is 5.41 Å². The van der Waals surface area contributed by atoms with Crippen LogP contribution in [0.3, 0.4) is 0 Å². The van der Waals surface area contributed by atoms with Gasteiger partial charge in [-0.3, -0.25) is 0 Å². The summed E-state index contributed by atoms with van der Waals surface area (Å²) in [6.45, 7) is 2.23. The van der Waals surface area contributed by atoms with Crippen molar-refractivity contribution in [1.29, 1.82) is 0 Å². The average molecular weight is 401 g/mol. The second kappa shape index (κ2) is 9.04. The van der Waals surface area contributed by atoms with Crippen LogP contribution in [0.1, 0.15) is 83.1 Å². The van der Waals surface area contributed by atoms with Gasteiger partial charge in [0.25, 0.3) is 0 Å². The van der Waals surface area contributed by atoms with Gasteiger partial charge in [0.1, 0.15) is 5.75 Å². The van der Waals surface area contributed by atoms with E-state index >= 15 is 0 Å². The number of hydrogen-bond donors (Lipinski definition) is 0. The molecular weight excluding hydrogens is 368 g/mol. The molecule has 0 aliphatic heterocycles. The zero-order chi connectivity index (χ0) is 20.2. The predicted octanol–water partition coefficient (Wildman–Crippen LogP) is 7.73. The Labute approximate surface area is 165 Å². The Morgan fingerprint density at radius 3 is 2.14 bits per heavy atom. The molecule has 0 amide bonds. The van der Waals surface area contributed by atoms with Crippen molar-refractivity contribution in [2.45, 2.75) is 95.5 Å². The zero-order valence-corrected chi connectivity index (χ0v) is 16.7. The lowest BCUT2D eigenvalue weighted by atomic mass is 9.57. The van der Waals surface area contributed by atoms with Crippen LogP contribution in [0.15, 0.2) is 24.3 Å². The first-order chi connectivity index (χ1) is 13.4. The van der Waals surface area contributed by atoms with E-state index in [1.54, 1.807) is 0 Å². The number of hydrogen-bond acceptors (Lipinski definition) is 1. The SMILES string of the molecule is CCCC1CCC(c2ccc(OC(F)(F)C(F)F)cc2)(C2CCCCC2)CC1. The molecule has 1 aromatic carbocycles. The van der Waals surface area contributed by atoms with Crippen molar-refractivity contribution in [3.8, 4) is 5.75 Å². The summed E-state index contributed by atoms with van der Waals surface area (Å²) < 4.78 is 55.4. The van der Waals surface area contributed by atoms with E-state index in [1.807, 2.05) is 12.1 Å². The van der Waals surface area contributed by atoms with E-state index in [0.717, 1.165) is 18.8 Å². The molecule has 0 aromatic heterocycles. The minimum Gasteiger partial charge on any atom is -0.428 e. The van der Waals surface area contributed by atoms with Gasteiger partial charge in [0.2, 0.25) is 0 Å². The summed E-state index contributed by atoms with van der Waals surface area (Å²) in [5, 5.41) is 0. The van der Waals surface area contributed by atoms with E-state index in [9.17, 15) is 17.6 Å². The molecule has 0 atom stereocenters. The van der Waals surface area contributed by atoms with Crippen LogP contribution in [0.2, 0.25) is 0 Å². The van der Waals surface area contributed by atoms with Gasteiger partial charge in [-0.05, 0) is 73.5 Å². The Morgan fingerprint density at radius 2 is 1.61 bits per heavy atom. The number of rotatable bonds is 7. The maximum atomic E-state index is 13.2. The van der Waals surface area contributed by atoms with Gasteiger partial charge in [-0.25, -0.2) is 0 Å². The van der Waals surface area contributed by atoms with Gasteiger partial charge in [0.15, 0.2) is 0 Å². The molecule has 28 heavy (non-hydrogen) atoms. The monoisotopic (exact) mass is 400 g/mol. The van der Waals surface area contributed by atoms with Gasteiger partial charge in [-0.15, -0.1) is 0 Å². The lowest BCUT2D eigenvalue weighted by Gasteiger charge is -2.48. The van der Waals surface area contributed by atoms with E-state index in [-0.39, 0.29) is 11.2 Å². The maximum Gasteiger partial charge on any atom is 0.461 e. The summed E-state index contributed by atoms with van der Waals surface area (Å²) in [7, 11) is 0. The molecule has 5 heteroatoms. The van der Waals surface area contributed by atoms with Crippen LogP contribution in [0.5, 0.6) is 5.75 Å². The third kappa shape index (κ3) is 4.65. The van der Waals surface area contributed by atoms with Crippen LogP contribution < -0.4 is 4.74 Å². The highest BCUT2D eigenvalue weighted by atomic mass is 19.3. The van der Waals surface area contributed by atoms with Crippen molar-refractivity contribution in [3.63, 3.8) is 0 Å². The Morgan fingerprint density at radius 1 is 1.00 bits per heavy atom. The molecule has 2 fully saturated rings. The molecule has 2 aliphatic carbocycles. The average Bonchev–Trinajstić information content (AvgIpc) is 2.70. The first-order valence-corrected chi connectivity index (χ1v) is 10.8. The van der Waals surface area contributed by atoms with Crippen molar-refractivity contribution < 1.29 is 22.3 Å². The molecule has 0 spiro atoms. The Bertz CT molecular complexity index is 600. The van der Waals surface area contributed by atoms with Gasteiger partial charge in [0.05, 0.1) is 0 Å². The number of ether oxygens (including phenoxy) is 1. The normalized spacial score (nSPS) is 27.1. The number of alkyl halides is 4. The molecule has 1 nitrogen and oxygen atoms in total. The molecule has 158 valence electrons. The summed E-state index contributed by atoms with van der Waals surface area (Å²) in [6, 6.07) is 6.56. The molecule has 0 unspecified atom stereocenters. The Balaban J connectivity index is 1.80. The second-order valence-corrected chi connectivity index (χ2v) is 8.71. The third-order valence-electron chi connectivity index (χ3n) is 7.02. The first kappa shape index (κ1) is 21.4. The molecule has 2 saturated carbocycles. The molecule has 1 aromatic rings. The standard InChI is InChI=1S/C23H32F4O/c1-2-6-17-13-15-22(16-14-17,18-7-4-3-5-8-18)19-9-11-20(12-10-19)28-23(26,27)21(24)25/h9-12,17-18,21H,2-8,13-16H2,1H3. The van der Waals surface area contributed by atoms with E-state index in [2.05, 4.69) is 11.7 Å². The number of halogens is 4. The molecule has 0 radical (unpaired) electrons. The van der Waals surface area contributed by atoms with Crippen LogP contribution in [0.25, 0.3) is 0 Å². The van der Waals surface area contributed by atoms with Crippen LogP contribution in [0, 0.1) is 11.8 Å². The fraction of sp³-hybridized carbons (Fsp3) is 0.739. The summed E-state index contributed by atoms with van der Waals surface area (Å²) >= 11 is 0. The lowest BCUT2D eigenvalue weighted by molar-refractivity contribution is -0.253. The van der Waals surface area contributed by atoms with Crippen LogP contribution >= 0.6 is 0 Å². The fourth-order valence-corrected chi connectivity index (χ4v) is 5.53. The minimum atomic E-state index is -4.46. The highest BCUT2D eigenvalue weighted by Crippen LogP contribution is 2.52. The second-order valence-electron chi connectivity index (χ2n) is 8.71.